The van der Waals surface area contributed by atoms with Crippen LogP contribution < -0.4 is 10.1 Å². The fourth-order valence-electron chi connectivity index (χ4n) is 2.14. The molecule has 0 aromatic carbocycles. The predicted octanol–water partition coefficient (Wildman–Crippen LogP) is 1.96. The maximum Gasteiger partial charge on any atom is 0.254 e. The second-order valence-corrected chi connectivity index (χ2v) is 5.63. The van der Waals surface area contributed by atoms with Crippen LogP contribution >= 0.6 is 0 Å². The van der Waals surface area contributed by atoms with Crippen molar-refractivity contribution in [3.8, 4) is 11.8 Å². The van der Waals surface area contributed by atoms with Gasteiger partial charge in [-0.25, -0.2) is 9.97 Å². The Morgan fingerprint density at radius 2 is 2.08 bits per heavy atom. The van der Waals surface area contributed by atoms with Crippen molar-refractivity contribution in [2.24, 2.45) is 0 Å². The molecule has 1 N–H and O–H groups in total. The molecule has 3 rings (SSSR count). The van der Waals surface area contributed by atoms with E-state index in [1.165, 1.54) is 11.8 Å². The van der Waals surface area contributed by atoms with Gasteiger partial charge in [-0.15, -0.1) is 0 Å². The summed E-state index contributed by atoms with van der Waals surface area (Å²) in [5.41, 5.74) is 0.823. The van der Waals surface area contributed by atoms with Crippen molar-refractivity contribution >= 4 is 11.7 Å². The van der Waals surface area contributed by atoms with Crippen LogP contribution in [-0.2, 0) is 11.2 Å². The summed E-state index contributed by atoms with van der Waals surface area (Å²) in [6.07, 6.45) is 3.26. The van der Waals surface area contributed by atoms with E-state index < -0.39 is 0 Å². The zero-order chi connectivity index (χ0) is 17.8. The fraction of sp³-hybridized carbons (Fsp3) is 0.312. The Morgan fingerprint density at radius 3 is 2.72 bits per heavy atom. The molecule has 0 fully saturated rings. The molecule has 0 bridgehead atoms. The third-order valence-electron chi connectivity index (χ3n) is 3.41. The zero-order valence-electron chi connectivity index (χ0n) is 14.1. The van der Waals surface area contributed by atoms with Gasteiger partial charge in [-0.2, -0.15) is 9.78 Å². The first-order valence-corrected chi connectivity index (χ1v) is 7.73. The number of aromatic nitrogens is 5. The van der Waals surface area contributed by atoms with Crippen LogP contribution in [0.5, 0.6) is 5.88 Å². The van der Waals surface area contributed by atoms with E-state index in [4.69, 9.17) is 9.26 Å². The van der Waals surface area contributed by atoms with E-state index in [-0.39, 0.29) is 18.2 Å². The van der Waals surface area contributed by atoms with Gasteiger partial charge in [-0.05, 0) is 17.1 Å². The normalized spacial score (nSPS) is 10.9. The summed E-state index contributed by atoms with van der Waals surface area (Å²) in [4.78, 5) is 20.7. The molecule has 0 unspecified atom stereocenters. The van der Waals surface area contributed by atoms with E-state index in [0.717, 1.165) is 5.69 Å². The van der Waals surface area contributed by atoms with Crippen molar-refractivity contribution in [3.63, 3.8) is 0 Å². The summed E-state index contributed by atoms with van der Waals surface area (Å²) >= 11 is 0. The Bertz CT molecular complexity index is 856. The minimum Gasteiger partial charge on any atom is -0.479 e. The van der Waals surface area contributed by atoms with Crippen LogP contribution in [-0.4, -0.2) is 37.9 Å². The van der Waals surface area contributed by atoms with E-state index in [2.05, 4.69) is 25.5 Å². The van der Waals surface area contributed by atoms with Gasteiger partial charge in [0.25, 0.3) is 11.8 Å². The van der Waals surface area contributed by atoms with Gasteiger partial charge in [0.15, 0.2) is 0 Å². The number of ether oxygens (including phenoxy) is 1. The molecular formula is C16H18N6O3. The van der Waals surface area contributed by atoms with Crippen molar-refractivity contribution < 1.29 is 14.1 Å². The Hall–Kier alpha value is -3.23. The van der Waals surface area contributed by atoms with E-state index in [9.17, 15) is 4.79 Å². The summed E-state index contributed by atoms with van der Waals surface area (Å²) in [7, 11) is 1.48. The minimum absolute atomic E-state index is 0.0220. The number of rotatable bonds is 6. The number of carbonyl (C=O) groups excluding carboxylic acids is 1. The number of amides is 1. The first-order valence-electron chi connectivity index (χ1n) is 7.73. The van der Waals surface area contributed by atoms with Crippen LogP contribution in [0, 0.1) is 0 Å². The van der Waals surface area contributed by atoms with Gasteiger partial charge in [0.1, 0.15) is 11.6 Å². The van der Waals surface area contributed by atoms with Gasteiger partial charge in [0.2, 0.25) is 5.91 Å². The van der Waals surface area contributed by atoms with Crippen LogP contribution in [0.3, 0.4) is 0 Å². The molecule has 130 valence electrons. The number of anilines is 1. The van der Waals surface area contributed by atoms with Gasteiger partial charge in [-0.1, -0.05) is 13.8 Å². The van der Waals surface area contributed by atoms with Crippen LogP contribution in [0.1, 0.15) is 31.2 Å². The molecule has 0 spiro atoms. The van der Waals surface area contributed by atoms with Crippen molar-refractivity contribution in [3.05, 3.63) is 42.0 Å². The van der Waals surface area contributed by atoms with Crippen molar-refractivity contribution in [2.75, 3.05) is 12.4 Å². The van der Waals surface area contributed by atoms with Gasteiger partial charge < -0.3 is 14.6 Å². The van der Waals surface area contributed by atoms with Gasteiger partial charge in [-0.3, -0.25) is 4.79 Å². The summed E-state index contributed by atoms with van der Waals surface area (Å²) in [6.45, 7) is 4.04. The summed E-state index contributed by atoms with van der Waals surface area (Å²) in [5, 5.41) is 11.0. The summed E-state index contributed by atoms with van der Waals surface area (Å²) < 4.78 is 11.5. The molecular weight excluding hydrogens is 324 g/mol. The second kappa shape index (κ2) is 7.12. The molecule has 3 heterocycles. The lowest BCUT2D eigenvalue weighted by atomic mass is 10.1. The topological polar surface area (TPSA) is 108 Å². The Labute approximate surface area is 144 Å². The Morgan fingerprint density at radius 1 is 1.32 bits per heavy atom. The molecule has 0 aliphatic rings. The van der Waals surface area contributed by atoms with Crippen LogP contribution in [0.4, 0.5) is 5.82 Å². The smallest absolute Gasteiger partial charge is 0.254 e. The van der Waals surface area contributed by atoms with Crippen molar-refractivity contribution in [2.45, 2.75) is 26.2 Å². The highest BCUT2D eigenvalue weighted by molar-refractivity contribution is 5.91. The fourth-order valence-corrected chi connectivity index (χ4v) is 2.14. The number of methoxy groups -OCH3 is 1. The lowest BCUT2D eigenvalue weighted by molar-refractivity contribution is -0.115. The molecule has 0 saturated heterocycles. The maximum absolute atomic E-state index is 12.3. The van der Waals surface area contributed by atoms with E-state index in [0.29, 0.717) is 23.4 Å². The molecule has 1 amide bonds. The van der Waals surface area contributed by atoms with Crippen LogP contribution in [0.25, 0.3) is 5.95 Å². The molecule has 0 atom stereocenters. The zero-order valence-corrected chi connectivity index (χ0v) is 14.1. The number of nitrogens with one attached hydrogen (secondary N) is 1. The average Bonchev–Trinajstić information content (AvgIpc) is 3.22. The van der Waals surface area contributed by atoms with E-state index in [1.807, 2.05) is 13.8 Å². The highest BCUT2D eigenvalue weighted by atomic mass is 16.5. The third-order valence-corrected chi connectivity index (χ3v) is 3.41. The van der Waals surface area contributed by atoms with E-state index in [1.54, 1.807) is 30.6 Å². The van der Waals surface area contributed by atoms with E-state index >= 15 is 0 Å². The molecule has 0 radical (unpaired) electrons. The molecule has 9 heteroatoms. The molecule has 0 aliphatic carbocycles. The molecule has 25 heavy (non-hydrogen) atoms. The van der Waals surface area contributed by atoms with Gasteiger partial charge in [0.05, 0.1) is 19.2 Å². The SMILES string of the molecule is COc1cc(CC(=O)Nc2cc(C(C)C)nn2-c2ncccn2)on1. The highest BCUT2D eigenvalue weighted by Gasteiger charge is 2.17. The quantitative estimate of drug-likeness (QED) is 0.729. The first kappa shape index (κ1) is 16.6. The predicted molar refractivity (Wildman–Crippen MR) is 88.6 cm³/mol. The van der Waals surface area contributed by atoms with Gasteiger partial charge in [0, 0.05) is 24.5 Å². The van der Waals surface area contributed by atoms with Crippen LogP contribution in [0.2, 0.25) is 0 Å². The molecule has 3 aromatic heterocycles. The van der Waals surface area contributed by atoms with Crippen LogP contribution in [0.15, 0.2) is 35.1 Å². The second-order valence-electron chi connectivity index (χ2n) is 5.63. The standard InChI is InChI=1S/C16H18N6O3/c1-10(2)12-9-13(22(20-12)16-17-5-4-6-18-16)19-14(23)7-11-8-15(24-3)21-25-11/h4-6,8-10H,7H2,1-3H3,(H,19,23). The van der Waals surface area contributed by atoms with Crippen molar-refractivity contribution in [1.82, 2.24) is 24.9 Å². The third kappa shape index (κ3) is 3.82. The minimum atomic E-state index is -0.272. The summed E-state index contributed by atoms with van der Waals surface area (Å²) in [5.74, 6) is 1.52. The summed E-state index contributed by atoms with van der Waals surface area (Å²) in [6, 6.07) is 5.09. The monoisotopic (exact) mass is 342 g/mol. The number of nitrogens with zero attached hydrogens (tertiary/aromatic N) is 5. The highest BCUT2D eigenvalue weighted by Crippen LogP contribution is 2.21. The Balaban J connectivity index is 1.82. The maximum atomic E-state index is 12.3. The molecule has 0 saturated carbocycles. The largest absolute Gasteiger partial charge is 0.479 e. The molecule has 9 nitrogen and oxygen atoms in total. The molecule has 3 aromatic rings. The number of hydrogen-bond acceptors (Lipinski definition) is 7. The Kier molecular flexibility index (Phi) is 4.73. The number of carbonyl (C=O) groups is 1. The lowest BCUT2D eigenvalue weighted by Gasteiger charge is -2.06. The lowest BCUT2D eigenvalue weighted by Crippen LogP contribution is -2.17. The number of hydrogen-bond donors (Lipinski definition) is 1. The first-order chi connectivity index (χ1) is 12.1. The molecule has 0 aliphatic heterocycles. The average molecular weight is 342 g/mol. The van der Waals surface area contributed by atoms with Crippen molar-refractivity contribution in [1.29, 1.82) is 0 Å². The van der Waals surface area contributed by atoms with Gasteiger partial charge >= 0.3 is 0 Å².